The molecule has 0 unspecified atom stereocenters. The van der Waals surface area contributed by atoms with Crippen LogP contribution in [0.25, 0.3) is 16.6 Å². The number of carbonyl (C=O) groups excluding carboxylic acids is 1. The van der Waals surface area contributed by atoms with Crippen LogP contribution in [0.4, 0.5) is 0 Å². The normalized spacial score (nSPS) is 12.2. The van der Waals surface area contributed by atoms with Crippen LogP contribution in [-0.2, 0) is 0 Å². The number of hydrogen-bond acceptors (Lipinski definition) is 6. The molecule has 2 heterocycles. The number of nitrogens with zero attached hydrogens (tertiary/aromatic N) is 4. The summed E-state index contributed by atoms with van der Waals surface area (Å²) in [6, 6.07) is 13.5. The third-order valence-corrected chi connectivity index (χ3v) is 5.54. The predicted molar refractivity (Wildman–Crippen MR) is 108 cm³/mol. The number of carbonyl (C=O) groups is 1. The summed E-state index contributed by atoms with van der Waals surface area (Å²) < 4.78 is 7.05. The highest BCUT2D eigenvalue weighted by Gasteiger charge is 2.23. The number of H-pyrrole nitrogens is 1. The second kappa shape index (κ2) is 7.47. The van der Waals surface area contributed by atoms with E-state index in [-0.39, 0.29) is 11.0 Å². The van der Waals surface area contributed by atoms with Gasteiger partial charge in [-0.15, -0.1) is 5.10 Å². The lowest BCUT2D eigenvalue weighted by molar-refractivity contribution is 0.0995. The molecule has 0 saturated carbocycles. The number of benzene rings is 2. The number of tetrazole rings is 1. The maximum atomic E-state index is 13.0. The second-order valence-corrected chi connectivity index (χ2v) is 7.73. The largest absolute Gasteiger partial charge is 0.494 e. The summed E-state index contributed by atoms with van der Waals surface area (Å²) in [4.78, 5) is 16.2. The van der Waals surface area contributed by atoms with E-state index in [2.05, 4.69) is 20.5 Å². The van der Waals surface area contributed by atoms with Crippen LogP contribution in [0.2, 0.25) is 0 Å². The maximum absolute atomic E-state index is 13.0. The number of ketones is 1. The number of ether oxygens (including phenoxy) is 1. The number of aromatic amines is 1. The fraction of sp³-hybridized carbons (Fsp3) is 0.200. The van der Waals surface area contributed by atoms with Gasteiger partial charge in [-0.2, -0.15) is 4.68 Å². The molecular formula is C20H19N5O2S. The fourth-order valence-corrected chi connectivity index (χ4v) is 3.94. The Morgan fingerprint density at radius 2 is 2.07 bits per heavy atom. The highest BCUT2D eigenvalue weighted by atomic mass is 32.2. The summed E-state index contributed by atoms with van der Waals surface area (Å²) in [7, 11) is 1.61. The average Bonchev–Trinajstić information content (AvgIpc) is 3.34. The zero-order chi connectivity index (χ0) is 19.7. The highest BCUT2D eigenvalue weighted by Crippen LogP contribution is 2.30. The average molecular weight is 393 g/mol. The molecule has 1 atom stereocenters. The van der Waals surface area contributed by atoms with Crippen molar-refractivity contribution in [3.63, 3.8) is 0 Å². The van der Waals surface area contributed by atoms with Crippen LogP contribution in [0.1, 0.15) is 22.8 Å². The van der Waals surface area contributed by atoms with Gasteiger partial charge in [-0.05, 0) is 48.0 Å². The summed E-state index contributed by atoms with van der Waals surface area (Å²) in [5.41, 5.74) is 3.41. The Labute approximate surface area is 166 Å². The lowest BCUT2D eigenvalue weighted by Gasteiger charge is -2.12. The number of aryl methyl sites for hydroxylation is 1. The van der Waals surface area contributed by atoms with Gasteiger partial charge in [0.2, 0.25) is 5.16 Å². The summed E-state index contributed by atoms with van der Waals surface area (Å²) >= 11 is 1.32. The van der Waals surface area contributed by atoms with Crippen molar-refractivity contribution in [1.82, 2.24) is 25.2 Å². The van der Waals surface area contributed by atoms with Gasteiger partial charge < -0.3 is 9.72 Å². The van der Waals surface area contributed by atoms with E-state index in [0.29, 0.717) is 16.5 Å². The molecule has 0 fully saturated rings. The van der Waals surface area contributed by atoms with Crippen LogP contribution >= 0.6 is 11.8 Å². The molecule has 0 amide bonds. The molecule has 0 spiro atoms. The van der Waals surface area contributed by atoms with E-state index >= 15 is 0 Å². The maximum Gasteiger partial charge on any atom is 0.214 e. The molecule has 28 heavy (non-hydrogen) atoms. The van der Waals surface area contributed by atoms with Crippen molar-refractivity contribution in [2.24, 2.45) is 0 Å². The number of methoxy groups -OCH3 is 1. The number of fused-ring (bicyclic) bond motifs is 1. The molecule has 2 aromatic heterocycles. The molecule has 2 aromatic carbocycles. The molecule has 0 aliphatic rings. The molecule has 0 bridgehead atoms. The summed E-state index contributed by atoms with van der Waals surface area (Å²) in [6.07, 6.45) is 1.76. The van der Waals surface area contributed by atoms with Crippen LogP contribution < -0.4 is 4.74 Å². The molecule has 7 nitrogen and oxygen atoms in total. The molecular weight excluding hydrogens is 374 g/mol. The van der Waals surface area contributed by atoms with E-state index in [9.17, 15) is 4.79 Å². The summed E-state index contributed by atoms with van der Waals surface area (Å²) in [5, 5.41) is 13.1. The first-order chi connectivity index (χ1) is 13.6. The zero-order valence-electron chi connectivity index (χ0n) is 15.7. The van der Waals surface area contributed by atoms with E-state index in [1.54, 1.807) is 18.0 Å². The van der Waals surface area contributed by atoms with Gasteiger partial charge in [0.15, 0.2) is 5.78 Å². The topological polar surface area (TPSA) is 85.7 Å². The minimum absolute atomic E-state index is 0.0215. The smallest absolute Gasteiger partial charge is 0.214 e. The Morgan fingerprint density at radius 1 is 1.25 bits per heavy atom. The second-order valence-electron chi connectivity index (χ2n) is 6.42. The first-order valence-electron chi connectivity index (χ1n) is 8.79. The third kappa shape index (κ3) is 3.27. The quantitative estimate of drug-likeness (QED) is 0.396. The molecule has 1 N–H and O–H groups in total. The number of hydrogen-bond donors (Lipinski definition) is 1. The number of Topliss-reactive ketones (excluding diaryl/α,β-unsaturated/α-hetero) is 1. The molecule has 0 saturated heterocycles. The van der Waals surface area contributed by atoms with Crippen molar-refractivity contribution in [2.75, 3.05) is 7.11 Å². The number of rotatable bonds is 6. The Morgan fingerprint density at radius 3 is 2.89 bits per heavy atom. The van der Waals surface area contributed by atoms with E-state index in [0.717, 1.165) is 22.2 Å². The molecule has 142 valence electrons. The van der Waals surface area contributed by atoms with Gasteiger partial charge in [0, 0.05) is 22.7 Å². The van der Waals surface area contributed by atoms with Crippen LogP contribution in [0, 0.1) is 6.92 Å². The van der Waals surface area contributed by atoms with E-state index in [1.165, 1.54) is 11.8 Å². The van der Waals surface area contributed by atoms with Crippen molar-refractivity contribution < 1.29 is 9.53 Å². The Balaban J connectivity index is 1.63. The Kier molecular flexibility index (Phi) is 4.87. The molecule has 0 radical (unpaired) electrons. The summed E-state index contributed by atoms with van der Waals surface area (Å²) in [6.45, 7) is 3.85. The Bertz CT molecular complexity index is 1150. The van der Waals surface area contributed by atoms with Gasteiger partial charge in [-0.1, -0.05) is 36.0 Å². The van der Waals surface area contributed by atoms with Gasteiger partial charge in [0.05, 0.1) is 12.4 Å². The van der Waals surface area contributed by atoms with E-state index < -0.39 is 0 Å². The molecule has 0 aliphatic carbocycles. The molecule has 8 heteroatoms. The number of thioether (sulfide) groups is 1. The van der Waals surface area contributed by atoms with Crippen molar-refractivity contribution in [2.45, 2.75) is 24.3 Å². The lowest BCUT2D eigenvalue weighted by atomic mass is 10.1. The highest BCUT2D eigenvalue weighted by molar-refractivity contribution is 8.00. The zero-order valence-corrected chi connectivity index (χ0v) is 16.5. The lowest BCUT2D eigenvalue weighted by Crippen LogP contribution is -2.14. The molecule has 4 rings (SSSR count). The molecule has 0 aliphatic heterocycles. The van der Waals surface area contributed by atoms with Crippen LogP contribution in [-0.4, -0.2) is 43.3 Å². The first kappa shape index (κ1) is 18.2. The van der Waals surface area contributed by atoms with Crippen LogP contribution in [0.3, 0.4) is 0 Å². The summed E-state index contributed by atoms with van der Waals surface area (Å²) in [5.74, 6) is 0.684. The van der Waals surface area contributed by atoms with Gasteiger partial charge in [0.1, 0.15) is 11.4 Å². The number of para-hydroxylation sites is 1. The van der Waals surface area contributed by atoms with E-state index in [4.69, 9.17) is 4.74 Å². The SMILES string of the molecule is COc1ccc(C)cc1-n1nnnc1S[C@H](C)C(=O)c1c[nH]c2ccccc12. The third-order valence-electron chi connectivity index (χ3n) is 4.51. The standard InChI is InChI=1S/C20H19N5O2S/c1-12-8-9-18(27-3)17(10-12)25-20(22-23-24-25)28-13(2)19(26)15-11-21-16-7-5-4-6-14(15)16/h4-11,13,21H,1-3H3/t13-/m1/s1. The monoisotopic (exact) mass is 393 g/mol. The van der Waals surface area contributed by atoms with Crippen LogP contribution in [0.15, 0.2) is 53.8 Å². The Hall–Kier alpha value is -3.13. The van der Waals surface area contributed by atoms with Crippen molar-refractivity contribution in [3.8, 4) is 11.4 Å². The first-order valence-corrected chi connectivity index (χ1v) is 9.67. The minimum atomic E-state index is -0.361. The van der Waals surface area contributed by atoms with Gasteiger partial charge >= 0.3 is 0 Å². The van der Waals surface area contributed by atoms with Gasteiger partial charge in [-0.25, -0.2) is 0 Å². The fourth-order valence-electron chi connectivity index (χ4n) is 3.08. The van der Waals surface area contributed by atoms with Gasteiger partial charge in [0.25, 0.3) is 0 Å². The predicted octanol–water partition coefficient (Wildman–Crippen LogP) is 3.82. The van der Waals surface area contributed by atoms with Crippen molar-refractivity contribution in [1.29, 1.82) is 0 Å². The number of aromatic nitrogens is 5. The van der Waals surface area contributed by atoms with Crippen molar-refractivity contribution >= 4 is 28.4 Å². The van der Waals surface area contributed by atoms with Crippen LogP contribution in [0.5, 0.6) is 5.75 Å². The van der Waals surface area contributed by atoms with Gasteiger partial charge in [-0.3, -0.25) is 4.79 Å². The van der Waals surface area contributed by atoms with E-state index in [1.807, 2.05) is 56.3 Å². The minimum Gasteiger partial charge on any atom is -0.494 e. The van der Waals surface area contributed by atoms with Crippen molar-refractivity contribution in [3.05, 3.63) is 59.8 Å². The number of nitrogens with one attached hydrogen (secondary N) is 1. The molecule has 4 aromatic rings.